The lowest BCUT2D eigenvalue weighted by Gasteiger charge is -2.06. The monoisotopic (exact) mass is 178 g/mol. The quantitative estimate of drug-likeness (QED) is 0.751. The van der Waals surface area contributed by atoms with Crippen LogP contribution in [0.2, 0.25) is 0 Å². The maximum Gasteiger partial charge on any atom is 0.119 e. The van der Waals surface area contributed by atoms with E-state index in [1.54, 1.807) is 0 Å². The Morgan fingerprint density at radius 1 is 1.54 bits per heavy atom. The highest BCUT2D eigenvalue weighted by atomic mass is 16.5. The van der Waals surface area contributed by atoms with Crippen molar-refractivity contribution >= 4 is 0 Å². The molecule has 1 atom stereocenters. The van der Waals surface area contributed by atoms with E-state index in [2.05, 4.69) is 0 Å². The van der Waals surface area contributed by atoms with Gasteiger partial charge in [-0.1, -0.05) is 6.07 Å². The van der Waals surface area contributed by atoms with Crippen LogP contribution in [0.25, 0.3) is 0 Å². The first-order valence-corrected chi connectivity index (χ1v) is 4.75. The molecule has 2 rings (SSSR count). The Hall–Kier alpha value is -1.02. The fourth-order valence-corrected chi connectivity index (χ4v) is 1.83. The number of aliphatic hydroxyl groups excluding tert-OH is 1. The summed E-state index contributed by atoms with van der Waals surface area (Å²) in [6.45, 7) is 2.67. The van der Waals surface area contributed by atoms with Gasteiger partial charge in [-0.2, -0.15) is 0 Å². The molecule has 1 aliphatic carbocycles. The molecule has 0 heterocycles. The molecule has 0 unspecified atom stereocenters. The van der Waals surface area contributed by atoms with E-state index in [9.17, 15) is 5.11 Å². The zero-order valence-corrected chi connectivity index (χ0v) is 7.79. The van der Waals surface area contributed by atoms with Gasteiger partial charge < -0.3 is 9.84 Å². The molecule has 0 amide bonds. The zero-order chi connectivity index (χ0) is 9.26. The van der Waals surface area contributed by atoms with Gasteiger partial charge in [0.2, 0.25) is 0 Å². The van der Waals surface area contributed by atoms with E-state index >= 15 is 0 Å². The van der Waals surface area contributed by atoms with Crippen molar-refractivity contribution < 1.29 is 9.84 Å². The second-order valence-electron chi connectivity index (χ2n) is 3.35. The summed E-state index contributed by atoms with van der Waals surface area (Å²) in [5.41, 5.74) is 2.31. The van der Waals surface area contributed by atoms with Crippen LogP contribution in [0, 0.1) is 0 Å². The first-order valence-electron chi connectivity index (χ1n) is 4.75. The van der Waals surface area contributed by atoms with Crippen LogP contribution in [-0.2, 0) is 6.42 Å². The van der Waals surface area contributed by atoms with Crippen LogP contribution >= 0.6 is 0 Å². The van der Waals surface area contributed by atoms with Crippen molar-refractivity contribution in [2.75, 3.05) is 6.61 Å². The Morgan fingerprint density at radius 3 is 3.15 bits per heavy atom. The van der Waals surface area contributed by atoms with E-state index < -0.39 is 0 Å². The van der Waals surface area contributed by atoms with Gasteiger partial charge in [0.25, 0.3) is 0 Å². The van der Waals surface area contributed by atoms with Crippen molar-refractivity contribution in [3.05, 3.63) is 29.3 Å². The minimum atomic E-state index is -0.259. The van der Waals surface area contributed by atoms with Gasteiger partial charge in [0.15, 0.2) is 0 Å². The Kier molecular flexibility index (Phi) is 2.23. The van der Waals surface area contributed by atoms with Crippen molar-refractivity contribution in [1.29, 1.82) is 0 Å². The molecule has 13 heavy (non-hydrogen) atoms. The minimum Gasteiger partial charge on any atom is -0.494 e. The molecule has 2 nitrogen and oxygen atoms in total. The molecule has 0 bridgehead atoms. The summed E-state index contributed by atoms with van der Waals surface area (Å²) < 4.78 is 5.38. The van der Waals surface area contributed by atoms with Gasteiger partial charge in [0.05, 0.1) is 12.7 Å². The summed E-state index contributed by atoms with van der Waals surface area (Å²) in [7, 11) is 0. The number of hydrogen-bond donors (Lipinski definition) is 1. The number of aryl methyl sites for hydroxylation is 1. The van der Waals surface area contributed by atoms with E-state index in [1.807, 2.05) is 25.1 Å². The van der Waals surface area contributed by atoms with Crippen LogP contribution < -0.4 is 4.74 Å². The molecule has 0 aromatic heterocycles. The Balaban J connectivity index is 2.29. The largest absolute Gasteiger partial charge is 0.494 e. The summed E-state index contributed by atoms with van der Waals surface area (Å²) in [5, 5.41) is 9.56. The molecule has 2 heteroatoms. The predicted molar refractivity (Wildman–Crippen MR) is 50.9 cm³/mol. The number of hydrogen-bond acceptors (Lipinski definition) is 2. The van der Waals surface area contributed by atoms with Crippen molar-refractivity contribution in [3.63, 3.8) is 0 Å². The third kappa shape index (κ3) is 1.54. The Bertz CT molecular complexity index is 307. The topological polar surface area (TPSA) is 29.5 Å². The predicted octanol–water partition coefficient (Wildman–Crippen LogP) is 2.06. The standard InChI is InChI=1S/C11H14O2/c1-2-13-9-4-5-10-8(7-9)3-6-11(10)12/h4-5,7,11-12H,2-3,6H2,1H3/t11-/m1/s1. The lowest BCUT2D eigenvalue weighted by molar-refractivity contribution is 0.180. The Labute approximate surface area is 78.2 Å². The van der Waals surface area contributed by atoms with Gasteiger partial charge >= 0.3 is 0 Å². The molecule has 1 N–H and O–H groups in total. The van der Waals surface area contributed by atoms with Crippen LogP contribution in [0.3, 0.4) is 0 Å². The lowest BCUT2D eigenvalue weighted by Crippen LogP contribution is -1.94. The van der Waals surface area contributed by atoms with Crippen molar-refractivity contribution in [3.8, 4) is 5.75 Å². The van der Waals surface area contributed by atoms with Crippen LogP contribution in [0.5, 0.6) is 5.75 Å². The molecule has 1 aromatic carbocycles. The van der Waals surface area contributed by atoms with Gasteiger partial charge in [0, 0.05) is 0 Å². The number of ether oxygens (including phenoxy) is 1. The third-order valence-electron chi connectivity index (χ3n) is 2.47. The smallest absolute Gasteiger partial charge is 0.119 e. The van der Waals surface area contributed by atoms with Crippen molar-refractivity contribution in [2.45, 2.75) is 25.9 Å². The molecular weight excluding hydrogens is 164 g/mol. The van der Waals surface area contributed by atoms with E-state index in [0.717, 1.165) is 24.2 Å². The van der Waals surface area contributed by atoms with Crippen molar-refractivity contribution in [1.82, 2.24) is 0 Å². The molecular formula is C11H14O2. The van der Waals surface area contributed by atoms with Gasteiger partial charge in [-0.3, -0.25) is 0 Å². The summed E-state index contributed by atoms with van der Waals surface area (Å²) in [6, 6.07) is 5.93. The highest BCUT2D eigenvalue weighted by molar-refractivity contribution is 5.39. The maximum atomic E-state index is 9.56. The molecule has 0 aliphatic heterocycles. The summed E-state index contributed by atoms with van der Waals surface area (Å²) >= 11 is 0. The van der Waals surface area contributed by atoms with E-state index in [0.29, 0.717) is 6.61 Å². The maximum absolute atomic E-state index is 9.56. The van der Waals surface area contributed by atoms with E-state index in [4.69, 9.17) is 4.74 Å². The van der Waals surface area contributed by atoms with Crippen LogP contribution in [-0.4, -0.2) is 11.7 Å². The molecule has 0 radical (unpaired) electrons. The summed E-state index contributed by atoms with van der Waals surface area (Å²) in [6.07, 6.45) is 1.56. The van der Waals surface area contributed by atoms with E-state index in [-0.39, 0.29) is 6.10 Å². The van der Waals surface area contributed by atoms with Gasteiger partial charge in [-0.05, 0) is 43.0 Å². The fraction of sp³-hybridized carbons (Fsp3) is 0.455. The van der Waals surface area contributed by atoms with Crippen molar-refractivity contribution in [2.24, 2.45) is 0 Å². The van der Waals surface area contributed by atoms with Crippen LogP contribution in [0.15, 0.2) is 18.2 Å². The number of benzene rings is 1. The number of fused-ring (bicyclic) bond motifs is 1. The molecule has 0 spiro atoms. The number of aliphatic hydroxyl groups is 1. The van der Waals surface area contributed by atoms with Crippen LogP contribution in [0.4, 0.5) is 0 Å². The van der Waals surface area contributed by atoms with Gasteiger partial charge in [-0.15, -0.1) is 0 Å². The average Bonchev–Trinajstić information content (AvgIpc) is 2.48. The van der Waals surface area contributed by atoms with Gasteiger partial charge in [-0.25, -0.2) is 0 Å². The van der Waals surface area contributed by atoms with E-state index in [1.165, 1.54) is 5.56 Å². The molecule has 0 saturated carbocycles. The molecule has 0 saturated heterocycles. The molecule has 70 valence electrons. The summed E-state index contributed by atoms with van der Waals surface area (Å²) in [4.78, 5) is 0. The molecule has 1 aromatic rings. The highest BCUT2D eigenvalue weighted by Gasteiger charge is 2.19. The fourth-order valence-electron chi connectivity index (χ4n) is 1.83. The lowest BCUT2D eigenvalue weighted by atomic mass is 10.1. The average molecular weight is 178 g/mol. The van der Waals surface area contributed by atoms with Gasteiger partial charge in [0.1, 0.15) is 5.75 Å². The highest BCUT2D eigenvalue weighted by Crippen LogP contribution is 2.33. The zero-order valence-electron chi connectivity index (χ0n) is 7.79. The number of rotatable bonds is 2. The molecule has 1 aliphatic rings. The SMILES string of the molecule is CCOc1ccc2c(c1)CC[C@H]2O. The third-order valence-corrected chi connectivity index (χ3v) is 2.47. The Morgan fingerprint density at radius 2 is 2.38 bits per heavy atom. The first-order chi connectivity index (χ1) is 6.31. The molecule has 0 fully saturated rings. The second kappa shape index (κ2) is 3.38. The van der Waals surface area contributed by atoms with Crippen LogP contribution in [0.1, 0.15) is 30.6 Å². The first kappa shape index (κ1) is 8.57. The summed E-state index contributed by atoms with van der Waals surface area (Å²) in [5.74, 6) is 0.912. The second-order valence-corrected chi connectivity index (χ2v) is 3.35. The minimum absolute atomic E-state index is 0.259. The normalized spacial score (nSPS) is 20.0.